The normalized spacial score (nSPS) is 17.8. The summed E-state index contributed by atoms with van der Waals surface area (Å²) in [6, 6.07) is 6.41. The first-order chi connectivity index (χ1) is 8.61. The van der Waals surface area contributed by atoms with E-state index in [0.29, 0.717) is 12.6 Å². The van der Waals surface area contributed by atoms with Crippen LogP contribution in [0, 0.1) is 12.8 Å². The Morgan fingerprint density at radius 1 is 1.44 bits per heavy atom. The Morgan fingerprint density at radius 3 is 2.67 bits per heavy atom. The highest BCUT2D eigenvalue weighted by atomic mass is 35.5. The molecule has 100 valence electrons. The van der Waals surface area contributed by atoms with Gasteiger partial charge in [0.25, 0.3) is 0 Å². The fourth-order valence-electron chi connectivity index (χ4n) is 2.77. The van der Waals surface area contributed by atoms with Gasteiger partial charge in [0.2, 0.25) is 0 Å². The third kappa shape index (κ3) is 3.05. The van der Waals surface area contributed by atoms with Crippen molar-refractivity contribution in [3.05, 3.63) is 34.3 Å². The molecule has 1 unspecified atom stereocenters. The highest BCUT2D eigenvalue weighted by Crippen LogP contribution is 2.30. The van der Waals surface area contributed by atoms with E-state index in [2.05, 4.69) is 24.9 Å². The molecule has 0 aromatic heterocycles. The zero-order valence-corrected chi connectivity index (χ0v) is 12.1. The standard InChI is InChI=1S/C15H23ClN2/c1-11-8-13(16)6-7-14(11)15(9-17)18(2)10-12-4-3-5-12/h6-8,12,15H,3-5,9-10,17H2,1-2H3. The fourth-order valence-corrected chi connectivity index (χ4v) is 2.99. The molecule has 0 heterocycles. The van der Waals surface area contributed by atoms with Crippen molar-refractivity contribution >= 4 is 11.6 Å². The molecule has 0 aliphatic heterocycles. The maximum Gasteiger partial charge on any atom is 0.0470 e. The van der Waals surface area contributed by atoms with Crippen LogP contribution >= 0.6 is 11.6 Å². The maximum absolute atomic E-state index is 6.02. The number of hydrogen-bond acceptors (Lipinski definition) is 2. The fraction of sp³-hybridized carbons (Fsp3) is 0.600. The number of aryl methyl sites for hydroxylation is 1. The Morgan fingerprint density at radius 2 is 2.17 bits per heavy atom. The highest BCUT2D eigenvalue weighted by molar-refractivity contribution is 6.30. The number of benzene rings is 1. The first-order valence-corrected chi connectivity index (χ1v) is 7.16. The lowest BCUT2D eigenvalue weighted by Crippen LogP contribution is -2.36. The van der Waals surface area contributed by atoms with Gasteiger partial charge >= 0.3 is 0 Å². The molecule has 1 aliphatic carbocycles. The molecule has 1 fully saturated rings. The molecular weight excluding hydrogens is 244 g/mol. The summed E-state index contributed by atoms with van der Waals surface area (Å²) in [6.07, 6.45) is 4.15. The van der Waals surface area contributed by atoms with Crippen molar-refractivity contribution in [2.45, 2.75) is 32.2 Å². The molecule has 0 amide bonds. The monoisotopic (exact) mass is 266 g/mol. The lowest BCUT2D eigenvalue weighted by molar-refractivity contribution is 0.164. The average molecular weight is 267 g/mol. The number of rotatable bonds is 5. The van der Waals surface area contributed by atoms with Crippen molar-refractivity contribution in [1.82, 2.24) is 4.90 Å². The van der Waals surface area contributed by atoms with Crippen molar-refractivity contribution in [2.24, 2.45) is 11.7 Å². The van der Waals surface area contributed by atoms with E-state index in [9.17, 15) is 0 Å². The summed E-state index contributed by atoms with van der Waals surface area (Å²) >= 11 is 6.02. The van der Waals surface area contributed by atoms with Crippen LogP contribution in [0.25, 0.3) is 0 Å². The summed E-state index contributed by atoms with van der Waals surface area (Å²) in [5.74, 6) is 0.872. The van der Waals surface area contributed by atoms with Crippen molar-refractivity contribution in [3.8, 4) is 0 Å². The molecule has 0 saturated heterocycles. The van der Waals surface area contributed by atoms with Gasteiger partial charge in [-0.3, -0.25) is 4.90 Å². The van der Waals surface area contributed by atoms with E-state index >= 15 is 0 Å². The SMILES string of the molecule is Cc1cc(Cl)ccc1C(CN)N(C)CC1CCC1. The molecule has 18 heavy (non-hydrogen) atoms. The second-order valence-corrected chi connectivity index (χ2v) is 5.93. The molecule has 2 N–H and O–H groups in total. The van der Waals surface area contributed by atoms with Crippen LogP contribution in [0.4, 0.5) is 0 Å². The molecule has 2 rings (SSSR count). The molecular formula is C15H23ClN2. The summed E-state index contributed by atoms with van der Waals surface area (Å²) in [5, 5.41) is 0.800. The van der Waals surface area contributed by atoms with Crippen LogP contribution < -0.4 is 5.73 Å². The lowest BCUT2D eigenvalue weighted by Gasteiger charge is -2.35. The zero-order chi connectivity index (χ0) is 13.1. The second kappa shape index (κ2) is 6.05. The van der Waals surface area contributed by atoms with E-state index in [1.165, 1.54) is 30.4 Å². The zero-order valence-electron chi connectivity index (χ0n) is 11.3. The first-order valence-electron chi connectivity index (χ1n) is 6.78. The summed E-state index contributed by atoms with van der Waals surface area (Å²) < 4.78 is 0. The molecule has 1 aliphatic rings. The summed E-state index contributed by atoms with van der Waals surface area (Å²) in [6.45, 7) is 3.93. The third-order valence-electron chi connectivity index (χ3n) is 4.12. The lowest BCUT2D eigenvalue weighted by atomic mass is 9.84. The van der Waals surface area contributed by atoms with Crippen LogP contribution in [0.2, 0.25) is 5.02 Å². The highest BCUT2D eigenvalue weighted by Gasteiger charge is 2.24. The van der Waals surface area contributed by atoms with E-state index in [0.717, 1.165) is 17.5 Å². The molecule has 1 atom stereocenters. The van der Waals surface area contributed by atoms with Crippen LogP contribution in [0.5, 0.6) is 0 Å². The summed E-state index contributed by atoms with van der Waals surface area (Å²) in [5.41, 5.74) is 8.52. The quantitative estimate of drug-likeness (QED) is 0.885. The van der Waals surface area contributed by atoms with Crippen molar-refractivity contribution in [2.75, 3.05) is 20.1 Å². The van der Waals surface area contributed by atoms with Gasteiger partial charge in [-0.1, -0.05) is 24.1 Å². The van der Waals surface area contributed by atoms with Gasteiger partial charge in [0.15, 0.2) is 0 Å². The van der Waals surface area contributed by atoms with Gasteiger partial charge in [-0.2, -0.15) is 0 Å². The third-order valence-corrected chi connectivity index (χ3v) is 4.35. The van der Waals surface area contributed by atoms with Crippen molar-refractivity contribution in [3.63, 3.8) is 0 Å². The molecule has 0 spiro atoms. The van der Waals surface area contributed by atoms with Crippen molar-refractivity contribution < 1.29 is 0 Å². The summed E-state index contributed by atoms with van der Waals surface area (Å²) in [7, 11) is 2.18. The Bertz CT molecular complexity index is 401. The molecule has 3 heteroatoms. The first kappa shape index (κ1) is 13.9. The minimum absolute atomic E-state index is 0.308. The Labute approximate surface area is 115 Å². The van der Waals surface area contributed by atoms with Gasteiger partial charge < -0.3 is 5.73 Å². The number of hydrogen-bond donors (Lipinski definition) is 1. The van der Waals surface area contributed by atoms with Crippen molar-refractivity contribution in [1.29, 1.82) is 0 Å². The molecule has 0 radical (unpaired) electrons. The van der Waals surface area contributed by atoms with Gasteiger partial charge in [0.1, 0.15) is 0 Å². The van der Waals surface area contributed by atoms with Crippen LogP contribution in [0.1, 0.15) is 36.4 Å². The van der Waals surface area contributed by atoms with E-state index < -0.39 is 0 Å². The van der Waals surface area contributed by atoms with E-state index in [4.69, 9.17) is 17.3 Å². The number of nitrogens with two attached hydrogens (primary N) is 1. The van der Waals surface area contributed by atoms with Crippen LogP contribution in [-0.2, 0) is 0 Å². The topological polar surface area (TPSA) is 29.3 Å². The van der Waals surface area contributed by atoms with Crippen LogP contribution in [0.3, 0.4) is 0 Å². The van der Waals surface area contributed by atoms with Gasteiger partial charge in [-0.15, -0.1) is 0 Å². The van der Waals surface area contributed by atoms with E-state index in [1.54, 1.807) is 0 Å². The minimum Gasteiger partial charge on any atom is -0.329 e. The minimum atomic E-state index is 0.308. The van der Waals surface area contributed by atoms with E-state index in [-0.39, 0.29) is 0 Å². The van der Waals surface area contributed by atoms with Gasteiger partial charge in [0, 0.05) is 24.2 Å². The molecule has 1 aromatic carbocycles. The predicted octanol–water partition coefficient (Wildman–Crippen LogP) is 3.38. The predicted molar refractivity (Wildman–Crippen MR) is 78.0 cm³/mol. The second-order valence-electron chi connectivity index (χ2n) is 5.49. The maximum atomic E-state index is 6.02. The molecule has 0 bridgehead atoms. The smallest absolute Gasteiger partial charge is 0.0470 e. The van der Waals surface area contributed by atoms with Gasteiger partial charge in [0.05, 0.1) is 0 Å². The Hall–Kier alpha value is -0.570. The average Bonchev–Trinajstić information content (AvgIpc) is 2.27. The number of halogens is 1. The molecule has 1 aromatic rings. The van der Waals surface area contributed by atoms with E-state index in [1.807, 2.05) is 12.1 Å². The molecule has 2 nitrogen and oxygen atoms in total. The summed E-state index contributed by atoms with van der Waals surface area (Å²) in [4.78, 5) is 2.40. The Kier molecular flexibility index (Phi) is 4.66. The van der Waals surface area contributed by atoms with Crippen LogP contribution in [-0.4, -0.2) is 25.0 Å². The van der Waals surface area contributed by atoms with Gasteiger partial charge in [-0.05, 0) is 56.0 Å². The number of nitrogens with zero attached hydrogens (tertiary/aromatic N) is 1. The Balaban J connectivity index is 2.10. The molecule has 1 saturated carbocycles. The van der Waals surface area contributed by atoms with Gasteiger partial charge in [-0.25, -0.2) is 0 Å². The van der Waals surface area contributed by atoms with Crippen LogP contribution in [0.15, 0.2) is 18.2 Å². The largest absolute Gasteiger partial charge is 0.329 e. The number of likely N-dealkylation sites (N-methyl/N-ethyl adjacent to an activating group) is 1.